The second-order valence-electron chi connectivity index (χ2n) is 7.62. The molecule has 1 aliphatic heterocycles. The van der Waals surface area contributed by atoms with E-state index >= 15 is 0 Å². The summed E-state index contributed by atoms with van der Waals surface area (Å²) in [6.45, 7) is 4.98. The van der Waals surface area contributed by atoms with E-state index in [-0.39, 0.29) is 23.3 Å². The lowest BCUT2D eigenvalue weighted by Gasteiger charge is -2.24. The number of nitrogens with zero attached hydrogens (tertiary/aromatic N) is 1. The van der Waals surface area contributed by atoms with Crippen molar-refractivity contribution in [3.63, 3.8) is 0 Å². The Morgan fingerprint density at radius 2 is 1.83 bits per heavy atom. The van der Waals surface area contributed by atoms with Crippen LogP contribution in [0.15, 0.2) is 24.3 Å². The number of hydrogen-bond donors (Lipinski definition) is 0. The molecule has 132 valence electrons. The van der Waals surface area contributed by atoms with Crippen LogP contribution in [-0.2, 0) is 21.2 Å². The third-order valence-electron chi connectivity index (χ3n) is 5.10. The molecule has 3 rings (SSSR count). The quantitative estimate of drug-likeness (QED) is 0.793. The Kier molecular flexibility index (Phi) is 5.00. The molecule has 1 heterocycles. The molecule has 1 amide bonds. The summed E-state index contributed by atoms with van der Waals surface area (Å²) < 4.78 is 23.2. The Morgan fingerprint density at radius 1 is 1.17 bits per heavy atom. The Balaban J connectivity index is 1.63. The number of carbonyl (C=O) groups is 1. The third-order valence-corrected chi connectivity index (χ3v) is 6.93. The predicted octanol–water partition coefficient (Wildman–Crippen LogP) is 3.13. The molecule has 0 radical (unpaired) electrons. The number of carbonyl (C=O) groups excluding carboxylic acids is 1. The van der Waals surface area contributed by atoms with Gasteiger partial charge < -0.3 is 4.90 Å². The molecule has 2 fully saturated rings. The number of benzene rings is 1. The first-order valence-electron chi connectivity index (χ1n) is 8.93. The van der Waals surface area contributed by atoms with Crippen LogP contribution in [0.3, 0.4) is 0 Å². The standard InChI is InChI=1S/C19H27NO3S/c1-14(2)17-5-3-15(4-6-17)12-20(18-7-8-18)19(21)11-16-9-10-24(22,23)13-16/h3-6,14,16,18H,7-13H2,1-2H3. The Morgan fingerprint density at radius 3 is 2.33 bits per heavy atom. The molecule has 4 nitrogen and oxygen atoms in total. The van der Waals surface area contributed by atoms with Gasteiger partial charge in [-0.2, -0.15) is 0 Å². The topological polar surface area (TPSA) is 54.5 Å². The highest BCUT2D eigenvalue weighted by Crippen LogP contribution is 2.31. The minimum absolute atomic E-state index is 0.00654. The van der Waals surface area contributed by atoms with Gasteiger partial charge in [-0.3, -0.25) is 4.79 Å². The number of sulfone groups is 1. The van der Waals surface area contributed by atoms with E-state index in [0.29, 0.717) is 31.3 Å². The fourth-order valence-corrected chi connectivity index (χ4v) is 5.27. The zero-order chi connectivity index (χ0) is 17.3. The van der Waals surface area contributed by atoms with E-state index in [9.17, 15) is 13.2 Å². The monoisotopic (exact) mass is 349 g/mol. The third kappa shape index (κ3) is 4.38. The van der Waals surface area contributed by atoms with Crippen molar-refractivity contribution in [2.24, 2.45) is 5.92 Å². The van der Waals surface area contributed by atoms with E-state index in [1.54, 1.807) is 0 Å². The van der Waals surface area contributed by atoms with Crippen molar-refractivity contribution in [1.29, 1.82) is 0 Å². The second kappa shape index (κ2) is 6.87. The molecule has 1 aliphatic carbocycles. The van der Waals surface area contributed by atoms with Gasteiger partial charge in [-0.1, -0.05) is 38.1 Å². The van der Waals surface area contributed by atoms with Crippen molar-refractivity contribution in [3.8, 4) is 0 Å². The first-order valence-corrected chi connectivity index (χ1v) is 10.7. The van der Waals surface area contributed by atoms with Gasteiger partial charge in [-0.25, -0.2) is 8.42 Å². The number of rotatable bonds is 6. The average molecular weight is 349 g/mol. The van der Waals surface area contributed by atoms with E-state index in [4.69, 9.17) is 0 Å². The van der Waals surface area contributed by atoms with Gasteiger partial charge >= 0.3 is 0 Å². The Bertz CT molecular complexity index is 690. The van der Waals surface area contributed by atoms with Gasteiger partial charge in [0.25, 0.3) is 0 Å². The molecule has 1 saturated carbocycles. The van der Waals surface area contributed by atoms with E-state index in [1.807, 2.05) is 4.90 Å². The molecule has 1 unspecified atom stereocenters. The Hall–Kier alpha value is -1.36. The maximum Gasteiger partial charge on any atom is 0.223 e. The van der Waals surface area contributed by atoms with Gasteiger partial charge in [0, 0.05) is 19.0 Å². The molecule has 24 heavy (non-hydrogen) atoms. The Labute approximate surface area is 145 Å². The van der Waals surface area contributed by atoms with Crippen molar-refractivity contribution in [3.05, 3.63) is 35.4 Å². The largest absolute Gasteiger partial charge is 0.335 e. The smallest absolute Gasteiger partial charge is 0.223 e. The minimum atomic E-state index is -2.91. The normalized spacial score (nSPS) is 22.7. The lowest BCUT2D eigenvalue weighted by Crippen LogP contribution is -2.34. The fraction of sp³-hybridized carbons (Fsp3) is 0.632. The van der Waals surface area contributed by atoms with Crippen LogP contribution < -0.4 is 0 Å². The molecule has 5 heteroatoms. The average Bonchev–Trinajstić information content (AvgIpc) is 3.30. The van der Waals surface area contributed by atoms with Crippen LogP contribution in [0.1, 0.15) is 56.6 Å². The summed E-state index contributed by atoms with van der Waals surface area (Å²) in [5, 5.41) is 0. The van der Waals surface area contributed by atoms with Crippen molar-refractivity contribution < 1.29 is 13.2 Å². The molecule has 0 N–H and O–H groups in total. The molecule has 1 atom stereocenters. The molecule has 0 spiro atoms. The van der Waals surface area contributed by atoms with E-state index < -0.39 is 9.84 Å². The highest BCUT2D eigenvalue weighted by Gasteiger charge is 2.35. The number of hydrogen-bond acceptors (Lipinski definition) is 3. The zero-order valence-electron chi connectivity index (χ0n) is 14.6. The molecule has 1 aromatic carbocycles. The molecule has 1 saturated heterocycles. The lowest BCUT2D eigenvalue weighted by atomic mass is 10.0. The van der Waals surface area contributed by atoms with Crippen LogP contribution in [-0.4, -0.2) is 36.8 Å². The van der Waals surface area contributed by atoms with Crippen molar-refractivity contribution in [1.82, 2.24) is 4.90 Å². The predicted molar refractivity (Wildman–Crippen MR) is 95.5 cm³/mol. The summed E-state index contributed by atoms with van der Waals surface area (Å²) >= 11 is 0. The first-order chi connectivity index (χ1) is 11.3. The second-order valence-corrected chi connectivity index (χ2v) is 9.85. The van der Waals surface area contributed by atoms with Gasteiger partial charge in [-0.05, 0) is 42.2 Å². The van der Waals surface area contributed by atoms with Crippen LogP contribution in [0.5, 0.6) is 0 Å². The van der Waals surface area contributed by atoms with Gasteiger partial charge in [0.05, 0.1) is 11.5 Å². The van der Waals surface area contributed by atoms with Gasteiger partial charge in [-0.15, -0.1) is 0 Å². The summed E-state index contributed by atoms with van der Waals surface area (Å²) in [6, 6.07) is 8.84. The van der Waals surface area contributed by atoms with E-state index in [0.717, 1.165) is 18.4 Å². The summed E-state index contributed by atoms with van der Waals surface area (Å²) in [7, 11) is -2.91. The summed E-state index contributed by atoms with van der Waals surface area (Å²) in [4.78, 5) is 14.7. The van der Waals surface area contributed by atoms with Crippen LogP contribution in [0, 0.1) is 5.92 Å². The van der Waals surface area contributed by atoms with Crippen LogP contribution in [0.2, 0.25) is 0 Å². The summed E-state index contributed by atoms with van der Waals surface area (Å²) in [5.41, 5.74) is 2.46. The van der Waals surface area contributed by atoms with Gasteiger partial charge in [0.15, 0.2) is 9.84 Å². The molecule has 0 aromatic heterocycles. The maximum atomic E-state index is 12.7. The fourth-order valence-electron chi connectivity index (χ4n) is 3.41. The lowest BCUT2D eigenvalue weighted by molar-refractivity contribution is -0.133. The van der Waals surface area contributed by atoms with Crippen LogP contribution in [0.25, 0.3) is 0 Å². The van der Waals surface area contributed by atoms with Crippen LogP contribution >= 0.6 is 0 Å². The van der Waals surface area contributed by atoms with Crippen LogP contribution in [0.4, 0.5) is 0 Å². The molecular weight excluding hydrogens is 322 g/mol. The van der Waals surface area contributed by atoms with Gasteiger partial charge in [0.1, 0.15) is 0 Å². The van der Waals surface area contributed by atoms with E-state index in [1.165, 1.54) is 5.56 Å². The molecule has 1 aromatic rings. The molecular formula is C19H27NO3S. The first kappa shape index (κ1) is 17.5. The minimum Gasteiger partial charge on any atom is -0.335 e. The van der Waals surface area contributed by atoms with E-state index in [2.05, 4.69) is 38.1 Å². The summed E-state index contributed by atoms with van der Waals surface area (Å²) in [5.74, 6) is 1.05. The molecule has 0 bridgehead atoms. The maximum absolute atomic E-state index is 12.7. The van der Waals surface area contributed by atoms with Crippen molar-refractivity contribution >= 4 is 15.7 Å². The van der Waals surface area contributed by atoms with Crippen molar-refractivity contribution in [2.75, 3.05) is 11.5 Å². The van der Waals surface area contributed by atoms with Crippen molar-refractivity contribution in [2.45, 2.75) is 58.0 Å². The zero-order valence-corrected chi connectivity index (χ0v) is 15.4. The highest BCUT2D eigenvalue weighted by molar-refractivity contribution is 7.91. The SMILES string of the molecule is CC(C)c1ccc(CN(C(=O)CC2CCS(=O)(=O)C2)C2CC2)cc1. The molecule has 2 aliphatic rings. The van der Waals surface area contributed by atoms with Gasteiger partial charge in [0.2, 0.25) is 5.91 Å². The number of amides is 1. The highest BCUT2D eigenvalue weighted by atomic mass is 32.2. The summed E-state index contributed by atoms with van der Waals surface area (Å²) in [6.07, 6.45) is 3.15.